The van der Waals surface area contributed by atoms with Crippen LogP contribution in [0.3, 0.4) is 0 Å². The van der Waals surface area contributed by atoms with E-state index in [0.717, 1.165) is 24.5 Å². The van der Waals surface area contributed by atoms with Crippen LogP contribution in [-0.4, -0.2) is 14.9 Å². The van der Waals surface area contributed by atoms with Gasteiger partial charge in [-0.2, -0.15) is 13.2 Å². The number of nitro groups is 1. The highest BCUT2D eigenvalue weighted by molar-refractivity contribution is 6.35. The highest BCUT2D eigenvalue weighted by atomic mass is 35.5. The molecule has 1 aromatic heterocycles. The van der Waals surface area contributed by atoms with Gasteiger partial charge in [-0.1, -0.05) is 34.8 Å². The predicted molar refractivity (Wildman–Crippen MR) is 108 cm³/mol. The Morgan fingerprint density at radius 1 is 0.900 bits per heavy atom. The molecule has 3 aromatic rings. The number of anilines is 4. The SMILES string of the molecule is O=[N+]([O-])c1c(Nc2cc(Cl)ccc2Cl)ncnc1Nc1cc(C(F)(F)F)ccc1Cl. The molecule has 0 aliphatic rings. The van der Waals surface area contributed by atoms with Crippen LogP contribution in [0.5, 0.6) is 0 Å². The lowest BCUT2D eigenvalue weighted by Crippen LogP contribution is -2.08. The molecule has 0 amide bonds. The zero-order valence-electron chi connectivity index (χ0n) is 14.5. The van der Waals surface area contributed by atoms with Gasteiger partial charge >= 0.3 is 11.9 Å². The molecule has 30 heavy (non-hydrogen) atoms. The molecule has 0 aliphatic carbocycles. The van der Waals surface area contributed by atoms with E-state index in [1.54, 1.807) is 0 Å². The smallest absolute Gasteiger partial charge is 0.333 e. The molecule has 1 heterocycles. The van der Waals surface area contributed by atoms with Crippen LogP contribution in [0.15, 0.2) is 42.7 Å². The van der Waals surface area contributed by atoms with E-state index < -0.39 is 22.4 Å². The summed E-state index contributed by atoms with van der Waals surface area (Å²) in [6.07, 6.45) is -3.65. The van der Waals surface area contributed by atoms with Gasteiger partial charge in [0.2, 0.25) is 11.6 Å². The molecule has 0 unspecified atom stereocenters. The van der Waals surface area contributed by atoms with Crippen molar-refractivity contribution >= 4 is 63.5 Å². The Labute approximate surface area is 182 Å². The van der Waals surface area contributed by atoms with Gasteiger partial charge in [-0.3, -0.25) is 10.1 Å². The molecule has 0 spiro atoms. The predicted octanol–water partition coefficient (Wildman–Crippen LogP) is 6.85. The van der Waals surface area contributed by atoms with E-state index in [2.05, 4.69) is 20.6 Å². The van der Waals surface area contributed by atoms with Gasteiger partial charge < -0.3 is 10.6 Å². The second-order valence-corrected chi connectivity index (χ2v) is 6.99. The van der Waals surface area contributed by atoms with Crippen LogP contribution < -0.4 is 10.6 Å². The summed E-state index contributed by atoms with van der Waals surface area (Å²) >= 11 is 17.9. The van der Waals surface area contributed by atoms with Crippen LogP contribution in [0.4, 0.5) is 41.9 Å². The van der Waals surface area contributed by atoms with Gasteiger partial charge in [-0.25, -0.2) is 9.97 Å². The molecule has 156 valence electrons. The van der Waals surface area contributed by atoms with Crippen molar-refractivity contribution in [3.05, 3.63) is 73.5 Å². The second-order valence-electron chi connectivity index (χ2n) is 5.74. The van der Waals surface area contributed by atoms with Gasteiger partial charge in [-0.15, -0.1) is 0 Å². The summed E-state index contributed by atoms with van der Waals surface area (Å²) in [7, 11) is 0. The maximum atomic E-state index is 13.0. The molecule has 2 aromatic carbocycles. The highest BCUT2D eigenvalue weighted by Crippen LogP contribution is 2.38. The minimum atomic E-state index is -4.63. The first kappa shape index (κ1) is 21.9. The monoisotopic (exact) mass is 477 g/mol. The van der Waals surface area contributed by atoms with Crippen LogP contribution in [0.2, 0.25) is 15.1 Å². The van der Waals surface area contributed by atoms with E-state index in [1.807, 2.05) is 0 Å². The summed E-state index contributed by atoms with van der Waals surface area (Å²) < 4.78 is 39.0. The lowest BCUT2D eigenvalue weighted by atomic mass is 10.2. The summed E-state index contributed by atoms with van der Waals surface area (Å²) in [5.41, 5.74) is -1.62. The van der Waals surface area contributed by atoms with Gasteiger partial charge in [0.05, 0.1) is 31.9 Å². The third-order valence-corrected chi connectivity index (χ3v) is 4.63. The minimum Gasteiger partial charge on any atom is -0.333 e. The number of rotatable bonds is 5. The number of nitrogens with one attached hydrogen (secondary N) is 2. The number of hydrogen-bond donors (Lipinski definition) is 2. The van der Waals surface area contributed by atoms with E-state index in [9.17, 15) is 23.3 Å². The maximum Gasteiger partial charge on any atom is 0.416 e. The molecule has 2 N–H and O–H groups in total. The lowest BCUT2D eigenvalue weighted by molar-refractivity contribution is -0.383. The molecule has 13 heteroatoms. The first-order chi connectivity index (χ1) is 14.1. The van der Waals surface area contributed by atoms with Crippen molar-refractivity contribution in [3.63, 3.8) is 0 Å². The van der Waals surface area contributed by atoms with E-state index in [1.165, 1.54) is 18.2 Å². The van der Waals surface area contributed by atoms with Gasteiger partial charge in [0.1, 0.15) is 6.33 Å². The van der Waals surface area contributed by atoms with Gasteiger partial charge in [0.15, 0.2) is 0 Å². The molecule has 0 saturated carbocycles. The molecule has 0 fully saturated rings. The minimum absolute atomic E-state index is 0.0942. The Morgan fingerprint density at radius 3 is 1.97 bits per heavy atom. The van der Waals surface area contributed by atoms with Crippen LogP contribution in [0, 0.1) is 10.1 Å². The lowest BCUT2D eigenvalue weighted by Gasteiger charge is -2.13. The van der Waals surface area contributed by atoms with Crippen molar-refractivity contribution < 1.29 is 18.1 Å². The third kappa shape index (κ3) is 4.84. The van der Waals surface area contributed by atoms with E-state index >= 15 is 0 Å². The van der Waals surface area contributed by atoms with Crippen LogP contribution in [0.1, 0.15) is 5.56 Å². The topological polar surface area (TPSA) is 93.0 Å². The summed E-state index contributed by atoms with van der Waals surface area (Å²) in [6, 6.07) is 6.94. The molecule has 7 nitrogen and oxygen atoms in total. The van der Waals surface area contributed by atoms with Crippen molar-refractivity contribution in [1.29, 1.82) is 0 Å². The quantitative estimate of drug-likeness (QED) is 0.308. The fourth-order valence-corrected chi connectivity index (χ4v) is 2.88. The normalized spacial score (nSPS) is 11.3. The largest absolute Gasteiger partial charge is 0.416 e. The number of halogens is 6. The van der Waals surface area contributed by atoms with Gasteiger partial charge in [0.25, 0.3) is 0 Å². The third-order valence-electron chi connectivity index (χ3n) is 3.73. The summed E-state index contributed by atoms with van der Waals surface area (Å²) in [4.78, 5) is 18.5. The first-order valence-electron chi connectivity index (χ1n) is 7.91. The van der Waals surface area contributed by atoms with Crippen molar-refractivity contribution in [1.82, 2.24) is 9.97 Å². The Morgan fingerprint density at radius 2 is 1.43 bits per heavy atom. The van der Waals surface area contributed by atoms with Crippen LogP contribution >= 0.6 is 34.8 Å². The van der Waals surface area contributed by atoms with Crippen molar-refractivity contribution in [2.75, 3.05) is 10.6 Å². The molecule has 0 radical (unpaired) electrons. The summed E-state index contributed by atoms with van der Waals surface area (Å²) in [5, 5.41) is 17.2. The number of benzene rings is 2. The molecule has 0 bridgehead atoms. The fourth-order valence-electron chi connectivity index (χ4n) is 2.38. The Balaban J connectivity index is 2.04. The molecular formula is C17H9Cl3F3N5O2. The summed E-state index contributed by atoms with van der Waals surface area (Å²) in [6.45, 7) is 0. The average molecular weight is 479 g/mol. The number of hydrogen-bond acceptors (Lipinski definition) is 6. The first-order valence-corrected chi connectivity index (χ1v) is 9.05. The number of aromatic nitrogens is 2. The zero-order valence-corrected chi connectivity index (χ0v) is 16.7. The summed E-state index contributed by atoms with van der Waals surface area (Å²) in [5.74, 6) is -0.637. The molecule has 3 rings (SSSR count). The van der Waals surface area contributed by atoms with Crippen molar-refractivity contribution in [3.8, 4) is 0 Å². The molecular weight excluding hydrogens is 470 g/mol. The zero-order chi connectivity index (χ0) is 22.1. The molecule has 0 aliphatic heterocycles. The van der Waals surface area contributed by atoms with Crippen LogP contribution in [0.25, 0.3) is 0 Å². The van der Waals surface area contributed by atoms with Gasteiger partial charge in [-0.05, 0) is 36.4 Å². The van der Waals surface area contributed by atoms with Crippen molar-refractivity contribution in [2.45, 2.75) is 6.18 Å². The fraction of sp³-hybridized carbons (Fsp3) is 0.0588. The Bertz CT molecular complexity index is 1130. The van der Waals surface area contributed by atoms with Crippen LogP contribution in [-0.2, 0) is 6.18 Å². The van der Waals surface area contributed by atoms with E-state index in [0.29, 0.717) is 5.02 Å². The standard InChI is InChI=1S/C17H9Cl3F3N5O2/c18-9-2-4-11(20)13(6-9)27-16-14(28(29)30)15(24-7-25-16)26-12-5-8(17(21,22)23)1-3-10(12)19/h1-7H,(H2,24,25,26,27). The Kier molecular flexibility index (Phi) is 6.20. The highest BCUT2D eigenvalue weighted by Gasteiger charge is 2.31. The molecule has 0 atom stereocenters. The maximum absolute atomic E-state index is 13.0. The average Bonchev–Trinajstić information content (AvgIpc) is 2.65. The van der Waals surface area contributed by atoms with Gasteiger partial charge in [0, 0.05) is 5.02 Å². The number of alkyl halides is 3. The van der Waals surface area contributed by atoms with E-state index in [-0.39, 0.29) is 33.1 Å². The Hall–Kier alpha value is -2.82. The second kappa shape index (κ2) is 8.50. The number of nitrogens with zero attached hydrogens (tertiary/aromatic N) is 3. The van der Waals surface area contributed by atoms with Crippen molar-refractivity contribution in [2.24, 2.45) is 0 Å². The van der Waals surface area contributed by atoms with E-state index in [4.69, 9.17) is 34.8 Å². The molecule has 0 saturated heterocycles.